The molecule has 2 amide bonds. The molecular formula is C25H33N3O6S. The van der Waals surface area contributed by atoms with Gasteiger partial charge < -0.3 is 19.7 Å². The van der Waals surface area contributed by atoms with Crippen molar-refractivity contribution in [3.63, 3.8) is 0 Å². The number of hydrogen-bond acceptors (Lipinski definition) is 6. The molecule has 9 nitrogen and oxygen atoms in total. The standard InChI is InChI=1S/C25H33N3O6S/c1-4-6-14-26-25(30)19(3)27(16-20-10-8-7-9-11-20)24(29)17-28(35(31,32)5-2)21-12-13-22-23(15-21)34-18-33-22/h7-13,15,19H,4-6,14,16-18H2,1-3H3,(H,26,30)/t19-/m0/s1. The second kappa shape index (κ2) is 11.9. The normalized spacial score (nSPS) is 13.2. The largest absolute Gasteiger partial charge is 0.454 e. The highest BCUT2D eigenvalue weighted by Gasteiger charge is 2.31. The van der Waals surface area contributed by atoms with E-state index in [1.165, 1.54) is 11.8 Å². The molecule has 0 saturated heterocycles. The molecule has 0 unspecified atom stereocenters. The Labute approximate surface area is 207 Å². The van der Waals surface area contributed by atoms with Crippen molar-refractivity contribution in [3.8, 4) is 11.5 Å². The van der Waals surface area contributed by atoms with E-state index in [0.29, 0.717) is 23.7 Å². The average Bonchev–Trinajstić information content (AvgIpc) is 3.34. The fourth-order valence-corrected chi connectivity index (χ4v) is 4.71. The van der Waals surface area contributed by atoms with Gasteiger partial charge in [-0.2, -0.15) is 0 Å². The Balaban J connectivity index is 1.89. The topological polar surface area (TPSA) is 105 Å². The van der Waals surface area contributed by atoms with Crippen LogP contribution in [0.15, 0.2) is 48.5 Å². The van der Waals surface area contributed by atoms with Crippen molar-refractivity contribution in [2.45, 2.75) is 46.2 Å². The Morgan fingerprint density at radius 2 is 1.77 bits per heavy atom. The highest BCUT2D eigenvalue weighted by Crippen LogP contribution is 2.36. The lowest BCUT2D eigenvalue weighted by atomic mass is 10.1. The Kier molecular flexibility index (Phi) is 8.97. The van der Waals surface area contributed by atoms with E-state index >= 15 is 0 Å². The second-order valence-corrected chi connectivity index (χ2v) is 10.5. The van der Waals surface area contributed by atoms with Crippen LogP contribution in [-0.4, -0.2) is 56.8 Å². The highest BCUT2D eigenvalue weighted by molar-refractivity contribution is 7.92. The van der Waals surface area contributed by atoms with Gasteiger partial charge in [0.15, 0.2) is 11.5 Å². The van der Waals surface area contributed by atoms with E-state index < -0.39 is 28.5 Å². The summed E-state index contributed by atoms with van der Waals surface area (Å²) in [5.74, 6) is -0.0362. The Bertz CT molecular complexity index is 1120. The number of nitrogens with zero attached hydrogens (tertiary/aromatic N) is 2. The zero-order valence-electron chi connectivity index (χ0n) is 20.4. The van der Waals surface area contributed by atoms with Crippen LogP contribution in [0.25, 0.3) is 0 Å². The van der Waals surface area contributed by atoms with Crippen molar-refractivity contribution in [3.05, 3.63) is 54.1 Å². The van der Waals surface area contributed by atoms with Gasteiger partial charge >= 0.3 is 0 Å². The monoisotopic (exact) mass is 503 g/mol. The molecule has 2 aromatic carbocycles. The van der Waals surface area contributed by atoms with Gasteiger partial charge in [-0.1, -0.05) is 43.7 Å². The molecule has 1 aliphatic rings. The van der Waals surface area contributed by atoms with Crippen molar-refractivity contribution >= 4 is 27.5 Å². The maximum absolute atomic E-state index is 13.6. The molecule has 1 aliphatic heterocycles. The van der Waals surface area contributed by atoms with Crippen molar-refractivity contribution in [2.24, 2.45) is 0 Å². The summed E-state index contributed by atoms with van der Waals surface area (Å²) in [5.41, 5.74) is 1.13. The predicted octanol–water partition coefficient (Wildman–Crippen LogP) is 2.91. The molecule has 0 aromatic heterocycles. The minimum atomic E-state index is -3.81. The summed E-state index contributed by atoms with van der Waals surface area (Å²) >= 11 is 0. The number of ether oxygens (including phenoxy) is 2. The van der Waals surface area contributed by atoms with Gasteiger partial charge in [0.25, 0.3) is 0 Å². The molecule has 0 spiro atoms. The van der Waals surface area contributed by atoms with Gasteiger partial charge in [-0.15, -0.1) is 0 Å². The zero-order chi connectivity index (χ0) is 25.4. The van der Waals surface area contributed by atoms with Crippen LogP contribution in [0.5, 0.6) is 11.5 Å². The first-order valence-corrected chi connectivity index (χ1v) is 13.4. The summed E-state index contributed by atoms with van der Waals surface area (Å²) in [5, 5.41) is 2.86. The average molecular weight is 504 g/mol. The molecule has 0 radical (unpaired) electrons. The molecule has 0 bridgehead atoms. The van der Waals surface area contributed by atoms with Gasteiger partial charge in [-0.05, 0) is 38.0 Å². The second-order valence-electron chi connectivity index (χ2n) is 8.27. The van der Waals surface area contributed by atoms with E-state index in [-0.39, 0.29) is 25.0 Å². The lowest BCUT2D eigenvalue weighted by Crippen LogP contribution is -2.51. The summed E-state index contributed by atoms with van der Waals surface area (Å²) in [6.45, 7) is 5.49. The van der Waals surface area contributed by atoms with Gasteiger partial charge in [-0.3, -0.25) is 13.9 Å². The molecule has 2 aromatic rings. The van der Waals surface area contributed by atoms with Gasteiger partial charge in [0.2, 0.25) is 28.6 Å². The summed E-state index contributed by atoms with van der Waals surface area (Å²) in [7, 11) is -3.81. The number of hydrogen-bond donors (Lipinski definition) is 1. The van der Waals surface area contributed by atoms with E-state index in [4.69, 9.17) is 9.47 Å². The fourth-order valence-electron chi connectivity index (χ4n) is 3.66. The van der Waals surface area contributed by atoms with Crippen LogP contribution < -0.4 is 19.1 Å². The van der Waals surface area contributed by atoms with Crippen LogP contribution in [0, 0.1) is 0 Å². The van der Waals surface area contributed by atoms with E-state index in [1.54, 1.807) is 25.1 Å². The lowest BCUT2D eigenvalue weighted by Gasteiger charge is -2.32. The number of rotatable bonds is 12. The molecule has 1 atom stereocenters. The highest BCUT2D eigenvalue weighted by atomic mass is 32.2. The molecular weight excluding hydrogens is 470 g/mol. The first kappa shape index (κ1) is 26.3. The SMILES string of the molecule is CCCCNC(=O)[C@H](C)N(Cc1ccccc1)C(=O)CN(c1ccc2c(c1)OCO2)S(=O)(=O)CC. The number of fused-ring (bicyclic) bond motifs is 1. The molecule has 3 rings (SSSR count). The predicted molar refractivity (Wildman–Crippen MR) is 134 cm³/mol. The maximum atomic E-state index is 13.6. The minimum Gasteiger partial charge on any atom is -0.454 e. The van der Waals surface area contributed by atoms with Crippen molar-refractivity contribution < 1.29 is 27.5 Å². The van der Waals surface area contributed by atoms with Crippen LogP contribution >= 0.6 is 0 Å². The van der Waals surface area contributed by atoms with Crippen molar-refractivity contribution in [1.29, 1.82) is 0 Å². The number of unbranched alkanes of at least 4 members (excludes halogenated alkanes) is 1. The van der Waals surface area contributed by atoms with Crippen LogP contribution in [0.1, 0.15) is 39.2 Å². The summed E-state index contributed by atoms with van der Waals surface area (Å²) in [6.07, 6.45) is 1.76. The summed E-state index contributed by atoms with van der Waals surface area (Å²) < 4.78 is 37.8. The number of anilines is 1. The molecule has 0 fully saturated rings. The summed E-state index contributed by atoms with van der Waals surface area (Å²) in [6, 6.07) is 13.2. The summed E-state index contributed by atoms with van der Waals surface area (Å²) in [4.78, 5) is 27.8. The van der Waals surface area contributed by atoms with Gasteiger partial charge in [0, 0.05) is 19.2 Å². The number of amides is 2. The maximum Gasteiger partial charge on any atom is 0.244 e. The zero-order valence-corrected chi connectivity index (χ0v) is 21.2. The number of benzene rings is 2. The molecule has 35 heavy (non-hydrogen) atoms. The fraction of sp³-hybridized carbons (Fsp3) is 0.440. The number of sulfonamides is 1. The number of carbonyl (C=O) groups is 2. The van der Waals surface area contributed by atoms with Gasteiger partial charge in [0.1, 0.15) is 12.6 Å². The van der Waals surface area contributed by atoms with Gasteiger partial charge in [-0.25, -0.2) is 8.42 Å². The Morgan fingerprint density at radius 1 is 1.06 bits per heavy atom. The molecule has 10 heteroatoms. The lowest BCUT2D eigenvalue weighted by molar-refractivity contribution is -0.139. The first-order chi connectivity index (χ1) is 16.8. The van der Waals surface area contributed by atoms with Crippen LogP contribution in [0.3, 0.4) is 0 Å². The van der Waals surface area contributed by atoms with E-state index in [0.717, 1.165) is 22.7 Å². The quantitative estimate of drug-likeness (QED) is 0.447. The first-order valence-electron chi connectivity index (χ1n) is 11.8. The van der Waals surface area contributed by atoms with E-state index in [9.17, 15) is 18.0 Å². The minimum absolute atomic E-state index is 0.0494. The third-order valence-electron chi connectivity index (χ3n) is 5.82. The van der Waals surface area contributed by atoms with Crippen molar-refractivity contribution in [2.75, 3.05) is 29.9 Å². The van der Waals surface area contributed by atoms with Crippen LogP contribution in [0.2, 0.25) is 0 Å². The Morgan fingerprint density at radius 3 is 2.46 bits per heavy atom. The van der Waals surface area contributed by atoms with Gasteiger partial charge in [0.05, 0.1) is 11.4 Å². The van der Waals surface area contributed by atoms with Crippen molar-refractivity contribution in [1.82, 2.24) is 10.2 Å². The third-order valence-corrected chi connectivity index (χ3v) is 7.56. The van der Waals surface area contributed by atoms with Crippen LogP contribution in [-0.2, 0) is 26.2 Å². The molecule has 0 saturated carbocycles. The molecule has 1 heterocycles. The molecule has 0 aliphatic carbocycles. The number of nitrogens with one attached hydrogen (secondary N) is 1. The number of carbonyl (C=O) groups excluding carboxylic acids is 2. The van der Waals surface area contributed by atoms with E-state index in [2.05, 4.69) is 5.32 Å². The third kappa shape index (κ3) is 6.66. The molecule has 190 valence electrons. The van der Waals surface area contributed by atoms with Crippen LogP contribution in [0.4, 0.5) is 5.69 Å². The smallest absolute Gasteiger partial charge is 0.244 e. The van der Waals surface area contributed by atoms with E-state index in [1.807, 2.05) is 37.3 Å². The molecule has 1 N–H and O–H groups in total. The Hall–Kier alpha value is -3.27.